The van der Waals surface area contributed by atoms with Crippen LogP contribution in [-0.4, -0.2) is 24.5 Å². The van der Waals surface area contributed by atoms with Crippen LogP contribution in [0, 0.1) is 0 Å². The Labute approximate surface area is 112 Å². The van der Waals surface area contributed by atoms with Gasteiger partial charge in [-0.2, -0.15) is 0 Å². The molecule has 88 valence electrons. The maximum atomic E-state index is 11.1. The van der Waals surface area contributed by atoms with Crippen LogP contribution < -0.4 is 5.32 Å². The SMILES string of the molecule is COC(=O)C(Br)CNc1ccc(Cl)c(Cl)c1. The Bertz CT molecular complexity index is 387. The standard InChI is InChI=1S/C10H10BrCl2NO2/c1-16-10(15)7(11)5-14-6-2-3-8(12)9(13)4-6/h2-4,7,14H,5H2,1H3. The monoisotopic (exact) mass is 325 g/mol. The largest absolute Gasteiger partial charge is 0.468 e. The minimum atomic E-state index is -0.396. The summed E-state index contributed by atoms with van der Waals surface area (Å²) in [6, 6.07) is 5.17. The van der Waals surface area contributed by atoms with Gasteiger partial charge in [-0.05, 0) is 18.2 Å². The molecule has 1 aromatic rings. The maximum absolute atomic E-state index is 11.1. The molecule has 0 aromatic heterocycles. The van der Waals surface area contributed by atoms with Crippen molar-refractivity contribution in [2.75, 3.05) is 19.0 Å². The van der Waals surface area contributed by atoms with E-state index in [-0.39, 0.29) is 5.97 Å². The predicted octanol–water partition coefficient (Wildman–Crippen LogP) is 3.34. The van der Waals surface area contributed by atoms with E-state index < -0.39 is 4.83 Å². The quantitative estimate of drug-likeness (QED) is 0.681. The van der Waals surface area contributed by atoms with Crippen molar-refractivity contribution in [1.82, 2.24) is 0 Å². The molecule has 0 aliphatic carbocycles. The van der Waals surface area contributed by atoms with Gasteiger partial charge in [-0.25, -0.2) is 0 Å². The average Bonchev–Trinajstić information content (AvgIpc) is 2.29. The molecule has 0 aliphatic heterocycles. The van der Waals surface area contributed by atoms with Gasteiger partial charge in [0.1, 0.15) is 4.83 Å². The molecule has 0 fully saturated rings. The van der Waals surface area contributed by atoms with Gasteiger partial charge < -0.3 is 10.1 Å². The number of benzene rings is 1. The summed E-state index contributed by atoms with van der Waals surface area (Å²) in [4.78, 5) is 10.7. The van der Waals surface area contributed by atoms with Crippen LogP contribution in [0.5, 0.6) is 0 Å². The third-order valence-corrected chi connectivity index (χ3v) is 3.30. The minimum absolute atomic E-state index is 0.326. The van der Waals surface area contributed by atoms with E-state index in [4.69, 9.17) is 23.2 Å². The molecular weight excluding hydrogens is 317 g/mol. The number of alkyl halides is 1. The van der Waals surface area contributed by atoms with Crippen molar-refractivity contribution in [3.8, 4) is 0 Å². The molecule has 1 N–H and O–H groups in total. The highest BCUT2D eigenvalue weighted by Gasteiger charge is 2.14. The summed E-state index contributed by atoms with van der Waals surface area (Å²) in [6.07, 6.45) is 0. The van der Waals surface area contributed by atoms with Gasteiger partial charge in [-0.1, -0.05) is 39.1 Å². The Balaban J connectivity index is 2.55. The molecular formula is C10H10BrCl2NO2. The van der Waals surface area contributed by atoms with Crippen LogP contribution in [0.4, 0.5) is 5.69 Å². The molecule has 1 atom stereocenters. The topological polar surface area (TPSA) is 38.3 Å². The summed E-state index contributed by atoms with van der Waals surface area (Å²) in [5, 5.41) is 4.00. The molecule has 0 spiro atoms. The molecule has 0 amide bonds. The summed E-state index contributed by atoms with van der Waals surface area (Å²) < 4.78 is 4.57. The number of hydrogen-bond donors (Lipinski definition) is 1. The summed E-state index contributed by atoms with van der Waals surface area (Å²) in [7, 11) is 1.34. The smallest absolute Gasteiger partial charge is 0.321 e. The minimum Gasteiger partial charge on any atom is -0.468 e. The van der Waals surface area contributed by atoms with Crippen LogP contribution in [0.2, 0.25) is 10.0 Å². The predicted molar refractivity (Wildman–Crippen MR) is 69.7 cm³/mol. The molecule has 6 heteroatoms. The van der Waals surface area contributed by atoms with Crippen molar-refractivity contribution < 1.29 is 9.53 Å². The number of ether oxygens (including phenoxy) is 1. The van der Waals surface area contributed by atoms with Crippen LogP contribution in [0.15, 0.2) is 18.2 Å². The number of methoxy groups -OCH3 is 1. The Kier molecular flexibility index (Phi) is 5.38. The second kappa shape index (κ2) is 6.33. The van der Waals surface area contributed by atoms with E-state index in [0.717, 1.165) is 5.69 Å². The van der Waals surface area contributed by atoms with Gasteiger partial charge in [0.05, 0.1) is 17.2 Å². The summed E-state index contributed by atoms with van der Waals surface area (Å²) >= 11 is 14.8. The van der Waals surface area contributed by atoms with Crippen LogP contribution in [0.25, 0.3) is 0 Å². The van der Waals surface area contributed by atoms with Crippen LogP contribution >= 0.6 is 39.1 Å². The normalized spacial score (nSPS) is 12.0. The van der Waals surface area contributed by atoms with Crippen LogP contribution in [0.3, 0.4) is 0 Å². The molecule has 1 unspecified atom stereocenters. The zero-order valence-electron chi connectivity index (χ0n) is 8.47. The van der Waals surface area contributed by atoms with Crippen molar-refractivity contribution in [3.63, 3.8) is 0 Å². The highest BCUT2D eigenvalue weighted by molar-refractivity contribution is 9.10. The number of esters is 1. The maximum Gasteiger partial charge on any atom is 0.321 e. The van der Waals surface area contributed by atoms with Gasteiger partial charge in [0.25, 0.3) is 0 Å². The fourth-order valence-electron chi connectivity index (χ4n) is 1.02. The molecule has 1 aromatic carbocycles. The van der Waals surface area contributed by atoms with Crippen molar-refractivity contribution in [2.24, 2.45) is 0 Å². The first kappa shape index (κ1) is 13.6. The number of rotatable bonds is 4. The van der Waals surface area contributed by atoms with E-state index in [1.807, 2.05) is 0 Å². The van der Waals surface area contributed by atoms with Gasteiger partial charge >= 0.3 is 5.97 Å². The fraction of sp³-hybridized carbons (Fsp3) is 0.300. The number of carbonyl (C=O) groups excluding carboxylic acids is 1. The molecule has 1 rings (SSSR count). The van der Waals surface area contributed by atoms with Gasteiger partial charge in [-0.3, -0.25) is 4.79 Å². The lowest BCUT2D eigenvalue weighted by Gasteiger charge is -2.10. The molecule has 0 bridgehead atoms. The fourth-order valence-corrected chi connectivity index (χ4v) is 1.67. The lowest BCUT2D eigenvalue weighted by molar-refractivity contribution is -0.139. The first-order valence-electron chi connectivity index (χ1n) is 4.45. The van der Waals surface area contributed by atoms with Gasteiger partial charge in [0.2, 0.25) is 0 Å². The van der Waals surface area contributed by atoms with Gasteiger partial charge in [-0.15, -0.1) is 0 Å². The molecule has 0 aliphatic rings. The Morgan fingerprint density at radius 3 is 2.75 bits per heavy atom. The van der Waals surface area contributed by atoms with E-state index >= 15 is 0 Å². The van der Waals surface area contributed by atoms with Crippen molar-refractivity contribution in [1.29, 1.82) is 0 Å². The highest BCUT2D eigenvalue weighted by atomic mass is 79.9. The summed E-state index contributed by atoms with van der Waals surface area (Å²) in [5.74, 6) is -0.326. The van der Waals surface area contributed by atoms with E-state index in [1.165, 1.54) is 7.11 Å². The zero-order chi connectivity index (χ0) is 12.1. The lowest BCUT2D eigenvalue weighted by atomic mass is 10.3. The average molecular weight is 327 g/mol. The molecule has 0 saturated carbocycles. The van der Waals surface area contributed by atoms with Gasteiger partial charge in [0.15, 0.2) is 0 Å². The molecule has 0 heterocycles. The Morgan fingerprint density at radius 1 is 1.50 bits per heavy atom. The molecule has 3 nitrogen and oxygen atoms in total. The first-order chi connectivity index (χ1) is 7.54. The van der Waals surface area contributed by atoms with Crippen molar-refractivity contribution in [3.05, 3.63) is 28.2 Å². The summed E-state index contributed by atoms with van der Waals surface area (Å²) in [6.45, 7) is 0.407. The summed E-state index contributed by atoms with van der Waals surface area (Å²) in [5.41, 5.74) is 0.794. The number of carbonyl (C=O) groups is 1. The van der Waals surface area contributed by atoms with Gasteiger partial charge in [0, 0.05) is 12.2 Å². The Morgan fingerprint density at radius 2 is 2.19 bits per heavy atom. The van der Waals surface area contributed by atoms with E-state index in [1.54, 1.807) is 18.2 Å². The number of halogens is 3. The lowest BCUT2D eigenvalue weighted by Crippen LogP contribution is -2.24. The molecule has 0 radical (unpaired) electrons. The second-order valence-corrected chi connectivity index (χ2v) is 4.92. The third-order valence-electron chi connectivity index (χ3n) is 1.86. The highest BCUT2D eigenvalue weighted by Crippen LogP contribution is 2.25. The van der Waals surface area contributed by atoms with E-state index in [0.29, 0.717) is 16.6 Å². The van der Waals surface area contributed by atoms with E-state index in [9.17, 15) is 4.79 Å². The molecule has 16 heavy (non-hydrogen) atoms. The Hall–Kier alpha value is -0.450. The number of hydrogen-bond acceptors (Lipinski definition) is 3. The second-order valence-electron chi connectivity index (χ2n) is 3.00. The number of anilines is 1. The van der Waals surface area contributed by atoms with Crippen LogP contribution in [0.1, 0.15) is 0 Å². The third kappa shape index (κ3) is 3.85. The first-order valence-corrected chi connectivity index (χ1v) is 6.12. The van der Waals surface area contributed by atoms with Crippen LogP contribution in [-0.2, 0) is 9.53 Å². The zero-order valence-corrected chi connectivity index (χ0v) is 11.6. The van der Waals surface area contributed by atoms with E-state index in [2.05, 4.69) is 26.0 Å². The number of nitrogens with one attached hydrogen (secondary N) is 1. The van der Waals surface area contributed by atoms with Crippen molar-refractivity contribution in [2.45, 2.75) is 4.83 Å². The van der Waals surface area contributed by atoms with Crippen molar-refractivity contribution >= 4 is 50.8 Å². The molecule has 0 saturated heterocycles.